The zero-order chi connectivity index (χ0) is 33.4. The van der Waals surface area contributed by atoms with Crippen LogP contribution in [0.25, 0.3) is 10.4 Å². The predicted octanol–water partition coefficient (Wildman–Crippen LogP) is -3.04. The van der Waals surface area contributed by atoms with Gasteiger partial charge < -0.3 is 74.0 Å². The standard InChI is InChI=1S/C27H40FN3O15/c28-16-24(46-27-22(39)20(37)18(35)14(9-33)44-27)23(41-10-12-4-2-1-3-5-12)15(45-25(16)40-7-6-30-31-29)11-42-26-21(38)19(36)17(34)13(8-32)43-26/h1-5,13-27,32-39H,6-11H2/t13-,14-,15-,16-,17-,18-,19+,20+,21+,22+,23-,24-,25-,26+,27-/m1/s1. The van der Waals surface area contributed by atoms with Crippen LogP contribution < -0.4 is 0 Å². The normalized spacial score (nSPS) is 41.5. The molecule has 46 heavy (non-hydrogen) atoms. The number of ether oxygens (including phenoxy) is 7. The lowest BCUT2D eigenvalue weighted by atomic mass is 9.97. The van der Waals surface area contributed by atoms with Crippen molar-refractivity contribution in [1.82, 2.24) is 0 Å². The van der Waals surface area contributed by atoms with Gasteiger partial charge in [0, 0.05) is 11.5 Å². The SMILES string of the molecule is [N-]=[N+]=NCCO[C@@H]1O[C@H](CO[C@H]2O[C@H](CO)[C@@H](O)[C@H](O)[C@@H]2O)[C@@H](OCc2ccccc2)[C@H](O[C@H]2O[C@H](CO)[C@@H](O)[C@H](O)[C@@H]2O)[C@H]1F. The maximum Gasteiger partial charge on any atom is 0.192 e. The summed E-state index contributed by atoms with van der Waals surface area (Å²) in [4.78, 5) is 2.60. The van der Waals surface area contributed by atoms with Crippen LogP contribution in [-0.2, 0) is 39.8 Å². The molecule has 0 aromatic heterocycles. The average Bonchev–Trinajstić information content (AvgIpc) is 3.07. The lowest BCUT2D eigenvalue weighted by molar-refractivity contribution is -0.363. The van der Waals surface area contributed by atoms with Crippen LogP contribution in [0.2, 0.25) is 0 Å². The van der Waals surface area contributed by atoms with Crippen molar-refractivity contribution in [1.29, 1.82) is 0 Å². The highest BCUT2D eigenvalue weighted by Crippen LogP contribution is 2.34. The van der Waals surface area contributed by atoms with E-state index in [2.05, 4.69) is 10.0 Å². The van der Waals surface area contributed by atoms with E-state index in [-0.39, 0.29) is 19.8 Å². The first-order chi connectivity index (χ1) is 22.1. The Kier molecular flexibility index (Phi) is 13.8. The molecular weight excluding hydrogens is 625 g/mol. The van der Waals surface area contributed by atoms with E-state index in [0.29, 0.717) is 5.56 Å². The number of aliphatic hydroxyl groups excluding tert-OH is 8. The monoisotopic (exact) mass is 665 g/mol. The molecule has 8 N–H and O–H groups in total. The minimum atomic E-state index is -2.18. The number of benzene rings is 1. The number of hydrogen-bond donors (Lipinski definition) is 8. The lowest BCUT2D eigenvalue weighted by Crippen LogP contribution is -2.65. The third-order valence-electron chi connectivity index (χ3n) is 7.81. The van der Waals surface area contributed by atoms with E-state index in [4.69, 9.17) is 38.7 Å². The van der Waals surface area contributed by atoms with Crippen molar-refractivity contribution in [3.63, 3.8) is 0 Å². The number of nitrogens with zero attached hydrogens (tertiary/aromatic N) is 3. The van der Waals surface area contributed by atoms with E-state index >= 15 is 4.39 Å². The quantitative estimate of drug-likeness (QED) is 0.0425. The van der Waals surface area contributed by atoms with Crippen molar-refractivity contribution >= 4 is 0 Å². The summed E-state index contributed by atoms with van der Waals surface area (Å²) in [5, 5.41) is 84.3. The minimum absolute atomic E-state index is 0.116. The Hall–Kier alpha value is -2.14. The van der Waals surface area contributed by atoms with Crippen LogP contribution in [0.4, 0.5) is 4.39 Å². The Balaban J connectivity index is 1.61. The molecule has 260 valence electrons. The smallest absolute Gasteiger partial charge is 0.192 e. The van der Waals surface area contributed by atoms with E-state index in [1.54, 1.807) is 30.3 Å². The van der Waals surface area contributed by atoms with Gasteiger partial charge in [-0.15, -0.1) is 0 Å². The zero-order valence-electron chi connectivity index (χ0n) is 24.4. The largest absolute Gasteiger partial charge is 0.394 e. The van der Waals surface area contributed by atoms with Gasteiger partial charge in [-0.2, -0.15) is 0 Å². The number of aliphatic hydroxyl groups is 8. The highest BCUT2D eigenvalue weighted by Gasteiger charge is 2.53. The first-order valence-electron chi connectivity index (χ1n) is 14.6. The lowest BCUT2D eigenvalue weighted by Gasteiger charge is -2.47. The number of hydrogen-bond acceptors (Lipinski definition) is 16. The molecule has 0 spiro atoms. The van der Waals surface area contributed by atoms with Crippen LogP contribution in [0.15, 0.2) is 35.4 Å². The molecule has 15 atom stereocenters. The maximum absolute atomic E-state index is 16.2. The Labute approximate surface area is 262 Å². The maximum atomic E-state index is 16.2. The van der Waals surface area contributed by atoms with Crippen molar-refractivity contribution in [3.8, 4) is 0 Å². The van der Waals surface area contributed by atoms with Gasteiger partial charge in [-0.1, -0.05) is 35.4 Å². The number of halogens is 1. The molecule has 1 aromatic carbocycles. The van der Waals surface area contributed by atoms with Gasteiger partial charge in [0.25, 0.3) is 0 Å². The molecule has 3 aliphatic heterocycles. The second-order valence-corrected chi connectivity index (χ2v) is 10.9. The zero-order valence-corrected chi connectivity index (χ0v) is 24.4. The molecule has 1 aromatic rings. The van der Waals surface area contributed by atoms with Crippen molar-refractivity contribution in [2.24, 2.45) is 5.11 Å². The van der Waals surface area contributed by atoms with Crippen molar-refractivity contribution < 1.29 is 78.4 Å². The van der Waals surface area contributed by atoms with Crippen molar-refractivity contribution in [2.45, 2.75) is 98.8 Å². The van der Waals surface area contributed by atoms with Gasteiger partial charge in [-0.3, -0.25) is 0 Å². The molecule has 3 heterocycles. The van der Waals surface area contributed by atoms with Crippen molar-refractivity contribution in [3.05, 3.63) is 46.3 Å². The molecule has 3 saturated heterocycles. The van der Waals surface area contributed by atoms with E-state index in [0.717, 1.165) is 0 Å². The molecule has 4 rings (SSSR count). The van der Waals surface area contributed by atoms with Crippen LogP contribution in [-0.4, -0.2) is 166 Å². The Bertz CT molecular complexity index is 1110. The fourth-order valence-corrected chi connectivity index (χ4v) is 5.24. The summed E-state index contributed by atoms with van der Waals surface area (Å²) in [5.41, 5.74) is 9.23. The second-order valence-electron chi connectivity index (χ2n) is 10.9. The van der Waals surface area contributed by atoms with Crippen molar-refractivity contribution in [2.75, 3.05) is 33.0 Å². The van der Waals surface area contributed by atoms with E-state index in [1.165, 1.54) is 0 Å². The highest BCUT2D eigenvalue weighted by atomic mass is 19.1. The van der Waals surface area contributed by atoms with Gasteiger partial charge >= 0.3 is 0 Å². The summed E-state index contributed by atoms with van der Waals surface area (Å²) >= 11 is 0. The predicted molar refractivity (Wildman–Crippen MR) is 147 cm³/mol. The van der Waals surface area contributed by atoms with E-state index < -0.39 is 112 Å². The van der Waals surface area contributed by atoms with Gasteiger partial charge in [0.1, 0.15) is 67.1 Å². The molecule has 0 unspecified atom stereocenters. The molecule has 0 amide bonds. The summed E-state index contributed by atoms with van der Waals surface area (Å²) in [7, 11) is 0. The van der Waals surface area contributed by atoms with Crippen LogP contribution in [0.3, 0.4) is 0 Å². The minimum Gasteiger partial charge on any atom is -0.394 e. The second kappa shape index (κ2) is 17.3. The van der Waals surface area contributed by atoms with Gasteiger partial charge in [-0.05, 0) is 11.1 Å². The highest BCUT2D eigenvalue weighted by molar-refractivity contribution is 5.13. The topological polar surface area (TPSA) is 275 Å². The summed E-state index contributed by atoms with van der Waals surface area (Å²) in [5.74, 6) is 0. The molecule has 0 bridgehead atoms. The Morgan fingerprint density at radius 1 is 0.717 bits per heavy atom. The molecular formula is C27H40FN3O15. The summed E-state index contributed by atoms with van der Waals surface area (Å²) in [6, 6.07) is 8.70. The van der Waals surface area contributed by atoms with E-state index in [1.807, 2.05) is 0 Å². The number of azide groups is 1. The Morgan fingerprint density at radius 3 is 1.91 bits per heavy atom. The summed E-state index contributed by atoms with van der Waals surface area (Å²) in [6.45, 7) is -2.63. The van der Waals surface area contributed by atoms with Crippen LogP contribution in [0, 0.1) is 0 Å². The van der Waals surface area contributed by atoms with Gasteiger partial charge in [0.05, 0.1) is 33.0 Å². The first-order valence-corrected chi connectivity index (χ1v) is 14.6. The molecule has 0 aliphatic carbocycles. The number of rotatable bonds is 14. The van der Waals surface area contributed by atoms with Gasteiger partial charge in [0.15, 0.2) is 25.0 Å². The first kappa shape index (κ1) is 36.7. The van der Waals surface area contributed by atoms with Gasteiger partial charge in [-0.25, -0.2) is 4.39 Å². The fourth-order valence-electron chi connectivity index (χ4n) is 5.24. The summed E-state index contributed by atoms with van der Waals surface area (Å²) in [6.07, 6.45) is -24.9. The van der Waals surface area contributed by atoms with Gasteiger partial charge in [0.2, 0.25) is 0 Å². The molecule has 0 radical (unpaired) electrons. The molecule has 19 heteroatoms. The third-order valence-corrected chi connectivity index (χ3v) is 7.81. The van der Waals surface area contributed by atoms with Crippen LogP contribution >= 0.6 is 0 Å². The van der Waals surface area contributed by atoms with Crippen LogP contribution in [0.5, 0.6) is 0 Å². The molecule has 3 fully saturated rings. The Morgan fingerprint density at radius 2 is 1.30 bits per heavy atom. The third kappa shape index (κ3) is 8.65. The number of alkyl halides is 1. The molecule has 3 aliphatic rings. The fraction of sp³-hybridized carbons (Fsp3) is 0.778. The average molecular weight is 666 g/mol. The van der Waals surface area contributed by atoms with Crippen LogP contribution in [0.1, 0.15) is 5.56 Å². The molecule has 18 nitrogen and oxygen atoms in total. The summed E-state index contributed by atoms with van der Waals surface area (Å²) < 4.78 is 55.9. The van der Waals surface area contributed by atoms with E-state index in [9.17, 15) is 40.9 Å². The molecule has 0 saturated carbocycles.